The van der Waals surface area contributed by atoms with Crippen molar-refractivity contribution >= 4 is 34.1 Å². The van der Waals surface area contributed by atoms with Gasteiger partial charge in [-0.25, -0.2) is 5.10 Å². The molecule has 3 aromatic heterocycles. The maximum absolute atomic E-state index is 14.3. The van der Waals surface area contributed by atoms with Crippen LogP contribution >= 0.6 is 0 Å². The summed E-state index contributed by atoms with van der Waals surface area (Å²) >= 11 is 0. The molecular formula is C33H32N7O3+. The number of carbonyl (C=O) groups excluding carboxylic acids is 2. The Morgan fingerprint density at radius 3 is 2.63 bits per heavy atom. The van der Waals surface area contributed by atoms with Gasteiger partial charge in [0.1, 0.15) is 12.4 Å². The Morgan fingerprint density at radius 2 is 1.88 bits per heavy atom. The van der Waals surface area contributed by atoms with Crippen LogP contribution in [0.4, 0.5) is 5.82 Å². The standard InChI is InChI=1S/C33H31N7O3/c1-21(36-32(42)29-30(34)37-39-17-7-16-35-31(29)39)27-20-25-9-6-8-24(13-12-23-14-18-38(19-15-23)22(2)41)28(25)33(43)40(27)26-10-4-3-5-11-26/h3-11,16-17,20-21,23H,14-15,18-19H2,1-2H3,(H3,34,36,37,42)/p+1. The number of likely N-dealkylation sites (tertiary alicyclic amines) is 1. The Hall–Kier alpha value is -5.43. The van der Waals surface area contributed by atoms with Gasteiger partial charge >= 0.3 is 5.65 Å². The molecule has 0 saturated carbocycles. The van der Waals surface area contributed by atoms with E-state index in [9.17, 15) is 14.4 Å². The molecule has 0 radical (unpaired) electrons. The molecule has 0 aliphatic carbocycles. The Labute approximate surface area is 248 Å². The second-order valence-electron chi connectivity index (χ2n) is 10.8. The highest BCUT2D eigenvalue weighted by atomic mass is 16.2. The Morgan fingerprint density at radius 1 is 1.12 bits per heavy atom. The van der Waals surface area contributed by atoms with Gasteiger partial charge in [0.15, 0.2) is 11.4 Å². The molecule has 0 spiro atoms. The number of anilines is 1. The highest BCUT2D eigenvalue weighted by Crippen LogP contribution is 2.24. The fourth-order valence-corrected chi connectivity index (χ4v) is 5.69. The van der Waals surface area contributed by atoms with E-state index in [1.54, 1.807) is 34.5 Å². The molecule has 1 saturated heterocycles. The number of benzene rings is 2. The lowest BCUT2D eigenvalue weighted by atomic mass is 9.96. The number of piperidine rings is 1. The van der Waals surface area contributed by atoms with Crippen molar-refractivity contribution in [2.24, 2.45) is 5.92 Å². The van der Waals surface area contributed by atoms with Gasteiger partial charge in [-0.05, 0) is 54.4 Å². The number of nitrogens with zero attached hydrogens (tertiary/aromatic N) is 4. The van der Waals surface area contributed by atoms with Gasteiger partial charge in [-0.15, -0.1) is 4.52 Å². The van der Waals surface area contributed by atoms with Gasteiger partial charge in [-0.1, -0.05) is 42.2 Å². The molecule has 5 aromatic rings. The second-order valence-corrected chi connectivity index (χ2v) is 10.8. The number of para-hydroxylation sites is 1. The van der Waals surface area contributed by atoms with Crippen molar-refractivity contribution in [2.45, 2.75) is 32.7 Å². The van der Waals surface area contributed by atoms with Gasteiger partial charge in [0.2, 0.25) is 5.91 Å². The smallest absolute Gasteiger partial charge is 0.362 e. The van der Waals surface area contributed by atoms with Crippen molar-refractivity contribution < 1.29 is 14.1 Å². The number of nitrogens with one attached hydrogen (secondary N) is 2. The molecule has 1 unspecified atom stereocenters. The molecule has 4 heterocycles. The fourth-order valence-electron chi connectivity index (χ4n) is 5.69. The average molecular weight is 575 g/mol. The zero-order valence-electron chi connectivity index (χ0n) is 24.0. The number of hydrogen-bond acceptors (Lipinski definition) is 5. The molecule has 10 nitrogen and oxygen atoms in total. The van der Waals surface area contributed by atoms with Crippen LogP contribution < -0.4 is 21.1 Å². The third kappa shape index (κ3) is 5.33. The molecule has 0 bridgehead atoms. The van der Waals surface area contributed by atoms with Crippen LogP contribution in [0, 0.1) is 17.8 Å². The molecule has 43 heavy (non-hydrogen) atoms. The van der Waals surface area contributed by atoms with Crippen LogP contribution in [0.5, 0.6) is 0 Å². The van der Waals surface area contributed by atoms with Crippen LogP contribution in [0.1, 0.15) is 54.3 Å². The van der Waals surface area contributed by atoms with Gasteiger partial charge in [0.05, 0.1) is 11.4 Å². The zero-order valence-corrected chi connectivity index (χ0v) is 24.0. The molecule has 216 valence electrons. The first-order valence-corrected chi connectivity index (χ1v) is 14.3. The van der Waals surface area contributed by atoms with E-state index in [1.807, 2.05) is 66.4 Å². The van der Waals surface area contributed by atoms with Crippen LogP contribution in [-0.2, 0) is 4.79 Å². The highest BCUT2D eigenvalue weighted by Gasteiger charge is 2.27. The van der Waals surface area contributed by atoms with Crippen molar-refractivity contribution in [1.82, 2.24) is 24.9 Å². The Bertz CT molecular complexity index is 1980. The minimum atomic E-state index is -0.566. The summed E-state index contributed by atoms with van der Waals surface area (Å²) < 4.78 is 3.22. The van der Waals surface area contributed by atoms with Gasteiger partial charge < -0.3 is 16.0 Å². The SMILES string of the molecule is CC(=O)N1CCC(C#Cc2cccc3cc(C(C)NC(=O)c4c(N)[nH][n+]5cccnc45)n(-c4ccccc4)c(=O)c23)CC1. The summed E-state index contributed by atoms with van der Waals surface area (Å²) in [6.07, 6.45) is 4.93. The van der Waals surface area contributed by atoms with Gasteiger partial charge in [-0.2, -0.15) is 0 Å². The molecule has 4 N–H and O–H groups in total. The molecule has 10 heteroatoms. The first kappa shape index (κ1) is 27.7. The first-order valence-electron chi connectivity index (χ1n) is 14.3. The number of carbonyl (C=O) groups is 2. The maximum atomic E-state index is 14.3. The molecule has 2 aromatic carbocycles. The van der Waals surface area contributed by atoms with Crippen molar-refractivity contribution in [3.8, 4) is 17.5 Å². The number of H-pyrrole nitrogens is 1. The molecule has 2 amide bonds. The quantitative estimate of drug-likeness (QED) is 0.224. The number of rotatable bonds is 4. The number of aromatic amines is 1. The molecule has 6 rings (SSSR count). The van der Waals surface area contributed by atoms with E-state index < -0.39 is 11.9 Å². The number of aromatic nitrogens is 4. The lowest BCUT2D eigenvalue weighted by Crippen LogP contribution is -2.36. The van der Waals surface area contributed by atoms with E-state index in [2.05, 4.69) is 27.2 Å². The summed E-state index contributed by atoms with van der Waals surface area (Å²) in [6.45, 7) is 4.81. The summed E-state index contributed by atoms with van der Waals surface area (Å²) in [5.74, 6) is 6.66. The zero-order chi connectivity index (χ0) is 30.1. The van der Waals surface area contributed by atoms with Crippen LogP contribution in [0.15, 0.2) is 77.9 Å². The Balaban J connectivity index is 1.40. The van der Waals surface area contributed by atoms with E-state index in [-0.39, 0.29) is 28.8 Å². The van der Waals surface area contributed by atoms with Crippen LogP contribution in [0.25, 0.3) is 22.1 Å². The normalized spacial score (nSPS) is 14.3. The molecular weight excluding hydrogens is 542 g/mol. The monoisotopic (exact) mass is 574 g/mol. The number of hydrogen-bond donors (Lipinski definition) is 3. The van der Waals surface area contributed by atoms with Crippen molar-refractivity contribution in [3.63, 3.8) is 0 Å². The van der Waals surface area contributed by atoms with Crippen LogP contribution in [-0.4, -0.2) is 44.5 Å². The molecule has 1 aliphatic rings. The number of amides is 2. The van der Waals surface area contributed by atoms with E-state index >= 15 is 0 Å². The highest BCUT2D eigenvalue weighted by molar-refractivity contribution is 6.03. The van der Waals surface area contributed by atoms with Crippen molar-refractivity contribution in [1.29, 1.82) is 0 Å². The lowest BCUT2D eigenvalue weighted by Gasteiger charge is -2.28. The summed E-state index contributed by atoms with van der Waals surface area (Å²) in [7, 11) is 0. The van der Waals surface area contributed by atoms with Crippen LogP contribution in [0.3, 0.4) is 0 Å². The summed E-state index contributed by atoms with van der Waals surface area (Å²) in [6, 6.07) is 18.1. The predicted molar refractivity (Wildman–Crippen MR) is 163 cm³/mol. The van der Waals surface area contributed by atoms with Crippen molar-refractivity contribution in [3.05, 3.63) is 100 Å². The number of fused-ring (bicyclic) bond motifs is 2. The minimum Gasteiger partial charge on any atom is -0.382 e. The molecule has 1 fully saturated rings. The number of nitrogens with two attached hydrogens (primary N) is 1. The van der Waals surface area contributed by atoms with E-state index in [4.69, 9.17) is 5.73 Å². The second kappa shape index (κ2) is 11.4. The molecule has 1 aliphatic heterocycles. The minimum absolute atomic E-state index is 0.0867. The van der Waals surface area contributed by atoms with Gasteiger partial charge in [0.25, 0.3) is 11.5 Å². The van der Waals surface area contributed by atoms with E-state index in [1.165, 1.54) is 0 Å². The third-order valence-corrected chi connectivity index (χ3v) is 7.94. The number of nitrogen functional groups attached to an aromatic ring is 1. The largest absolute Gasteiger partial charge is 0.382 e. The molecule has 1 atom stereocenters. The number of pyridine rings is 1. The van der Waals surface area contributed by atoms with Crippen molar-refractivity contribution in [2.75, 3.05) is 18.8 Å². The topological polar surface area (TPSA) is 130 Å². The van der Waals surface area contributed by atoms with E-state index in [0.29, 0.717) is 41.1 Å². The average Bonchev–Trinajstić information content (AvgIpc) is 3.36. The maximum Gasteiger partial charge on any atom is 0.362 e. The third-order valence-electron chi connectivity index (χ3n) is 7.94. The fraction of sp³-hybridized carbons (Fsp3) is 0.242. The van der Waals surface area contributed by atoms with Gasteiger partial charge in [0, 0.05) is 48.9 Å². The summed E-state index contributed by atoms with van der Waals surface area (Å²) in [5, 5.41) is 7.20. The Kier molecular flexibility index (Phi) is 7.38. The summed E-state index contributed by atoms with van der Waals surface area (Å²) in [5.41, 5.74) is 8.49. The van der Waals surface area contributed by atoms with Gasteiger partial charge in [-0.3, -0.25) is 19.0 Å². The predicted octanol–water partition coefficient (Wildman–Crippen LogP) is 3.14. The first-order chi connectivity index (χ1) is 20.8. The van der Waals surface area contributed by atoms with Crippen LogP contribution in [0.2, 0.25) is 0 Å². The lowest BCUT2D eigenvalue weighted by molar-refractivity contribution is -0.577. The summed E-state index contributed by atoms with van der Waals surface area (Å²) in [4.78, 5) is 45.6. The van der Waals surface area contributed by atoms with E-state index in [0.717, 1.165) is 18.2 Å².